The standard InChI is InChI=1S/C21H25N2.2C12H10N.C4H8O.Nd/c1-14-9-7-10-15(2)20(14)22-18(5)13-19(6)23-21-16(3)11-8-12-17(21)4;2*1-3-7-11(8-4-1)13-12-9-5-2-6-10-12;1-2-4-5-3-1;/h7-13H,1-6H3;2*1-10H;1-4H2;/q;2*-1;;+3. The van der Waals surface area contributed by atoms with Gasteiger partial charge in [-0.25, -0.2) is 0 Å². The van der Waals surface area contributed by atoms with Gasteiger partial charge in [0.05, 0.1) is 23.5 Å². The van der Waals surface area contributed by atoms with Crippen molar-refractivity contribution in [1.82, 2.24) is 10.6 Å². The van der Waals surface area contributed by atoms with E-state index in [1.807, 2.05) is 142 Å². The van der Waals surface area contributed by atoms with Gasteiger partial charge < -0.3 is 15.4 Å². The molecule has 1 aliphatic rings. The quantitative estimate of drug-likeness (QED) is 0.135. The third-order valence-electron chi connectivity index (χ3n) is 8.24. The van der Waals surface area contributed by atoms with Gasteiger partial charge in [-0.3, -0.25) is 10.6 Å². The molecule has 0 amide bonds. The number of hydrogen-bond donors (Lipinski definition) is 0. The summed E-state index contributed by atoms with van der Waals surface area (Å²) in [6.07, 6.45) is 4.60. The summed E-state index contributed by atoms with van der Waals surface area (Å²) in [5.41, 5.74) is 10.9. The van der Waals surface area contributed by atoms with Gasteiger partial charge in [0.2, 0.25) is 0 Å². The molecule has 1 fully saturated rings. The summed E-state index contributed by atoms with van der Waals surface area (Å²) in [6, 6.07) is 54.3. The van der Waals surface area contributed by atoms with Crippen molar-refractivity contribution in [3.8, 4) is 0 Å². The molecule has 7 rings (SSSR count). The smallest absolute Gasteiger partial charge is 0.658 e. The second kappa shape index (κ2) is 25.8. The molecule has 0 unspecified atom stereocenters. The molecule has 0 aliphatic carbocycles. The summed E-state index contributed by atoms with van der Waals surface area (Å²) in [6.45, 7) is 14.4. The fourth-order valence-electron chi connectivity index (χ4n) is 5.50. The third-order valence-corrected chi connectivity index (χ3v) is 8.24. The van der Waals surface area contributed by atoms with E-state index in [2.05, 4.69) is 74.7 Å². The van der Waals surface area contributed by atoms with Crippen molar-refractivity contribution in [2.45, 2.75) is 54.4 Å². The Hall–Kier alpha value is -4.17. The van der Waals surface area contributed by atoms with Crippen LogP contribution in [-0.2, 0) is 4.74 Å². The van der Waals surface area contributed by atoms with E-state index in [0.29, 0.717) is 0 Å². The third kappa shape index (κ3) is 17.4. The van der Waals surface area contributed by atoms with Gasteiger partial charge in [0.15, 0.2) is 0 Å². The van der Waals surface area contributed by atoms with Crippen molar-refractivity contribution in [2.24, 2.45) is 0 Å². The number of hydrogen-bond acceptors (Lipinski definition) is 1. The zero-order valence-electron chi connectivity index (χ0n) is 33.1. The summed E-state index contributed by atoms with van der Waals surface area (Å²) in [5, 5.41) is 18.4. The molecule has 278 valence electrons. The van der Waals surface area contributed by atoms with Crippen LogP contribution in [0.5, 0.6) is 0 Å². The predicted octanol–water partition coefficient (Wildman–Crippen LogP) is 14.2. The average Bonchev–Trinajstić information content (AvgIpc) is 3.78. The van der Waals surface area contributed by atoms with Crippen LogP contribution in [0.25, 0.3) is 10.6 Å². The Morgan fingerprint density at radius 2 is 0.709 bits per heavy atom. The molecule has 6 aromatic carbocycles. The molecule has 0 spiro atoms. The van der Waals surface area contributed by atoms with E-state index in [1.165, 1.54) is 35.1 Å². The van der Waals surface area contributed by atoms with Crippen LogP contribution in [-0.4, -0.2) is 13.2 Å². The van der Waals surface area contributed by atoms with E-state index in [-0.39, 0.29) is 40.8 Å². The van der Waals surface area contributed by atoms with E-state index >= 15 is 0 Å². The maximum Gasteiger partial charge on any atom is 3.00 e. The summed E-state index contributed by atoms with van der Waals surface area (Å²) >= 11 is 0. The molecule has 0 N–H and O–H groups in total. The second-order valence-electron chi connectivity index (χ2n) is 13.0. The minimum absolute atomic E-state index is 0. The maximum atomic E-state index is 4.94. The summed E-state index contributed by atoms with van der Waals surface area (Å²) in [4.78, 5) is 0. The second-order valence-corrected chi connectivity index (χ2v) is 13.0. The number of benzene rings is 6. The zero-order valence-corrected chi connectivity index (χ0v) is 36.3. The van der Waals surface area contributed by atoms with Gasteiger partial charge in [0.25, 0.3) is 0 Å². The first-order chi connectivity index (χ1) is 26.3. The van der Waals surface area contributed by atoms with E-state index in [9.17, 15) is 0 Å². The van der Waals surface area contributed by atoms with Crippen LogP contribution < -0.4 is 10.6 Å². The fraction of sp³-hybridized carbons (Fsp3) is 0.204. The van der Waals surface area contributed by atoms with E-state index in [0.717, 1.165) is 59.4 Å². The van der Waals surface area contributed by atoms with Gasteiger partial charge in [-0.1, -0.05) is 158 Å². The molecule has 5 nitrogen and oxygen atoms in total. The maximum absolute atomic E-state index is 4.94. The number of rotatable bonds is 10. The zero-order chi connectivity index (χ0) is 38.4. The molecule has 0 saturated carbocycles. The first kappa shape index (κ1) is 45.2. The molecule has 0 atom stereocenters. The Bertz CT molecular complexity index is 1630. The Morgan fingerprint density at radius 1 is 0.436 bits per heavy atom. The van der Waals surface area contributed by atoms with Crippen LogP contribution in [0.15, 0.2) is 158 Å². The molecule has 0 bridgehead atoms. The normalized spacial score (nSPS) is 11.3. The SMILES string of the molecule is C1CCOC1.C[C]([CH][C](C)[N]c1c(C)cccc1C)[N]c1c(C)cccc1C.[Nd+3].c1ccc([N-]c2ccccc2)cc1.c1ccc([N-]c2ccccc2)cc1. The Kier molecular flexibility index (Phi) is 21.2. The molecule has 1 heterocycles. The van der Waals surface area contributed by atoms with Crippen molar-refractivity contribution in [3.63, 3.8) is 0 Å². The Labute approximate surface area is 364 Å². The molecule has 55 heavy (non-hydrogen) atoms. The summed E-state index contributed by atoms with van der Waals surface area (Å²) in [7, 11) is 0. The van der Waals surface area contributed by atoms with Crippen molar-refractivity contribution in [1.29, 1.82) is 0 Å². The van der Waals surface area contributed by atoms with Gasteiger partial charge in [-0.2, -0.15) is 0 Å². The number of aryl methyl sites for hydroxylation is 4. The van der Waals surface area contributed by atoms with Crippen molar-refractivity contribution < 1.29 is 45.6 Å². The number of para-hydroxylation sites is 6. The van der Waals surface area contributed by atoms with Gasteiger partial charge >= 0.3 is 40.8 Å². The minimum atomic E-state index is 0. The van der Waals surface area contributed by atoms with Gasteiger partial charge in [-0.15, -0.1) is 22.7 Å². The summed E-state index contributed by atoms with van der Waals surface area (Å²) in [5.74, 6) is 0. The predicted molar refractivity (Wildman–Crippen MR) is 229 cm³/mol. The van der Waals surface area contributed by atoms with E-state index in [1.54, 1.807) is 0 Å². The molecular formula is C49H53N4NdO+. The average molecular weight is 858 g/mol. The van der Waals surface area contributed by atoms with Crippen molar-refractivity contribution in [3.05, 3.63) is 209 Å². The van der Waals surface area contributed by atoms with Crippen molar-refractivity contribution in [2.75, 3.05) is 13.2 Å². The van der Waals surface area contributed by atoms with Crippen LogP contribution in [0.1, 0.15) is 48.9 Å². The molecule has 1 aliphatic heterocycles. The largest absolute Gasteiger partial charge is 3.00 e. The van der Waals surface area contributed by atoms with Gasteiger partial charge in [0, 0.05) is 19.6 Å². The minimum Gasteiger partial charge on any atom is -0.658 e. The molecular weight excluding hydrogens is 805 g/mol. The van der Waals surface area contributed by atoms with Crippen LogP contribution in [0.4, 0.5) is 34.1 Å². The van der Waals surface area contributed by atoms with Crippen LogP contribution in [0.2, 0.25) is 0 Å². The molecule has 1 saturated heterocycles. The number of ether oxygens (including phenoxy) is 1. The van der Waals surface area contributed by atoms with E-state index in [4.69, 9.17) is 15.4 Å². The number of nitrogens with zero attached hydrogens (tertiary/aromatic N) is 4. The van der Waals surface area contributed by atoms with Crippen LogP contribution in [0, 0.1) is 87.0 Å². The van der Waals surface area contributed by atoms with E-state index < -0.39 is 0 Å². The summed E-state index contributed by atoms with van der Waals surface area (Å²) < 4.78 is 4.94. The van der Waals surface area contributed by atoms with Gasteiger partial charge in [-0.05, 0) is 76.6 Å². The monoisotopic (exact) mass is 855 g/mol. The molecule has 6 heteroatoms. The molecule has 0 aromatic heterocycles. The van der Waals surface area contributed by atoms with Crippen LogP contribution >= 0.6 is 0 Å². The van der Waals surface area contributed by atoms with Crippen molar-refractivity contribution >= 4 is 34.1 Å². The topological polar surface area (TPSA) is 65.6 Å². The molecule has 6 aromatic rings. The first-order valence-electron chi connectivity index (χ1n) is 18.6. The first-order valence-corrected chi connectivity index (χ1v) is 18.6. The molecule has 6 radical (unpaired) electrons. The Balaban J connectivity index is 0.000000216. The fourth-order valence-corrected chi connectivity index (χ4v) is 5.50. The Morgan fingerprint density at radius 3 is 0.945 bits per heavy atom. The van der Waals surface area contributed by atoms with Gasteiger partial charge in [0.1, 0.15) is 0 Å². The van der Waals surface area contributed by atoms with Crippen LogP contribution in [0.3, 0.4) is 0 Å².